The maximum Gasteiger partial charge on any atom is 0.125 e. The van der Waals surface area contributed by atoms with E-state index in [0.717, 1.165) is 31.7 Å². The lowest BCUT2D eigenvalue weighted by Gasteiger charge is -2.43. The molecule has 1 aromatic carbocycles. The summed E-state index contributed by atoms with van der Waals surface area (Å²) >= 11 is 3.65. The minimum absolute atomic E-state index is 0.260. The summed E-state index contributed by atoms with van der Waals surface area (Å²) in [7, 11) is 0. The second-order valence-corrected chi connectivity index (χ2v) is 8.61. The zero-order chi connectivity index (χ0) is 15.1. The van der Waals surface area contributed by atoms with Crippen molar-refractivity contribution >= 4 is 15.9 Å². The van der Waals surface area contributed by atoms with Crippen molar-refractivity contribution in [2.24, 2.45) is 16.6 Å². The van der Waals surface area contributed by atoms with Crippen molar-refractivity contribution in [3.63, 3.8) is 0 Å². The van der Waals surface area contributed by atoms with Crippen LogP contribution < -0.4 is 10.5 Å². The fourth-order valence-electron chi connectivity index (χ4n) is 3.79. The van der Waals surface area contributed by atoms with Crippen molar-refractivity contribution in [1.29, 1.82) is 0 Å². The van der Waals surface area contributed by atoms with Gasteiger partial charge in [0, 0.05) is 10.9 Å². The molecule has 21 heavy (non-hydrogen) atoms. The van der Waals surface area contributed by atoms with Gasteiger partial charge in [0.15, 0.2) is 0 Å². The van der Waals surface area contributed by atoms with Gasteiger partial charge in [-0.05, 0) is 72.7 Å². The summed E-state index contributed by atoms with van der Waals surface area (Å²) < 4.78 is 7.07. The van der Waals surface area contributed by atoms with Crippen molar-refractivity contribution in [1.82, 2.24) is 0 Å². The molecule has 2 nitrogen and oxygen atoms in total. The summed E-state index contributed by atoms with van der Waals surface area (Å²) in [4.78, 5) is 0. The zero-order valence-electron chi connectivity index (χ0n) is 13.2. The van der Waals surface area contributed by atoms with Gasteiger partial charge < -0.3 is 10.5 Å². The first kappa shape index (κ1) is 15.4. The Morgan fingerprint density at radius 2 is 1.90 bits per heavy atom. The number of benzene rings is 1. The van der Waals surface area contributed by atoms with Crippen LogP contribution in [0, 0.1) is 10.8 Å². The first-order valence-corrected chi connectivity index (χ1v) is 8.87. The fourth-order valence-corrected chi connectivity index (χ4v) is 4.34. The largest absolute Gasteiger partial charge is 0.493 e. The molecule has 0 unspecified atom stereocenters. The number of hydrogen-bond acceptors (Lipinski definition) is 2. The van der Waals surface area contributed by atoms with Gasteiger partial charge in [-0.25, -0.2) is 0 Å². The third kappa shape index (κ3) is 3.14. The van der Waals surface area contributed by atoms with Gasteiger partial charge in [-0.15, -0.1) is 0 Å². The van der Waals surface area contributed by atoms with Crippen molar-refractivity contribution in [2.75, 3.05) is 13.2 Å². The third-order valence-electron chi connectivity index (χ3n) is 5.49. The van der Waals surface area contributed by atoms with Crippen LogP contribution in [0.25, 0.3) is 0 Å². The van der Waals surface area contributed by atoms with E-state index >= 15 is 0 Å². The highest BCUT2D eigenvalue weighted by Crippen LogP contribution is 2.48. The van der Waals surface area contributed by atoms with E-state index in [1.165, 1.54) is 41.3 Å². The Bertz CT molecular complexity index is 528. The van der Waals surface area contributed by atoms with Crippen LogP contribution in [0.5, 0.6) is 5.75 Å². The van der Waals surface area contributed by atoms with Gasteiger partial charge in [-0.1, -0.05) is 29.8 Å². The molecule has 1 aliphatic carbocycles. The number of hydrogen-bond donors (Lipinski definition) is 1. The van der Waals surface area contributed by atoms with E-state index in [-0.39, 0.29) is 5.41 Å². The van der Waals surface area contributed by atoms with Crippen LogP contribution in [0.4, 0.5) is 0 Å². The van der Waals surface area contributed by atoms with Crippen LogP contribution >= 0.6 is 15.9 Å². The van der Waals surface area contributed by atoms with Crippen molar-refractivity contribution in [3.05, 3.63) is 27.7 Å². The van der Waals surface area contributed by atoms with Crippen molar-refractivity contribution in [3.8, 4) is 5.75 Å². The van der Waals surface area contributed by atoms with Crippen LogP contribution in [0.3, 0.4) is 0 Å². The van der Waals surface area contributed by atoms with Crippen molar-refractivity contribution < 1.29 is 4.74 Å². The van der Waals surface area contributed by atoms with E-state index in [1.807, 2.05) is 0 Å². The number of ether oxygens (including phenoxy) is 1. The highest BCUT2D eigenvalue weighted by molar-refractivity contribution is 9.10. The predicted octanol–water partition coefficient (Wildman–Crippen LogP) is 4.47. The molecular formula is C18H26BrNO. The highest BCUT2D eigenvalue weighted by atomic mass is 79.9. The Morgan fingerprint density at radius 3 is 2.57 bits per heavy atom. The molecular weight excluding hydrogens is 326 g/mol. The average Bonchev–Trinajstić information content (AvgIpc) is 2.90. The Balaban J connectivity index is 1.85. The van der Waals surface area contributed by atoms with Crippen LogP contribution in [0.1, 0.15) is 50.7 Å². The molecule has 0 radical (unpaired) electrons. The van der Waals surface area contributed by atoms with E-state index < -0.39 is 0 Å². The number of rotatable bonds is 3. The Labute approximate surface area is 136 Å². The first-order chi connectivity index (χ1) is 9.93. The standard InChI is InChI=1S/C18H26BrNO/c1-17(2)4-6-18(12-20,7-5-17)11-14-10-15(19)9-13-3-8-21-16(13)14/h9-10H,3-8,11-12,20H2,1-2H3. The second kappa shape index (κ2) is 5.58. The maximum absolute atomic E-state index is 6.21. The highest BCUT2D eigenvalue weighted by Gasteiger charge is 2.38. The number of fused-ring (bicyclic) bond motifs is 1. The Morgan fingerprint density at radius 1 is 1.19 bits per heavy atom. The van der Waals surface area contributed by atoms with Crippen molar-refractivity contribution in [2.45, 2.75) is 52.4 Å². The van der Waals surface area contributed by atoms with Gasteiger partial charge in [-0.3, -0.25) is 0 Å². The SMILES string of the molecule is CC1(C)CCC(CN)(Cc2cc(Br)cc3c2OCC3)CC1. The van der Waals surface area contributed by atoms with Gasteiger partial charge in [0.2, 0.25) is 0 Å². The van der Waals surface area contributed by atoms with E-state index in [9.17, 15) is 0 Å². The van der Waals surface area contributed by atoms with Gasteiger partial charge >= 0.3 is 0 Å². The zero-order valence-corrected chi connectivity index (χ0v) is 14.8. The summed E-state index contributed by atoms with van der Waals surface area (Å²) in [5, 5.41) is 0. The van der Waals surface area contributed by atoms with Gasteiger partial charge in [0.25, 0.3) is 0 Å². The molecule has 0 atom stereocenters. The molecule has 116 valence electrons. The Hall–Kier alpha value is -0.540. The van der Waals surface area contributed by atoms with E-state index in [2.05, 4.69) is 41.9 Å². The Kier molecular flexibility index (Phi) is 4.08. The van der Waals surface area contributed by atoms with Crippen LogP contribution in [-0.4, -0.2) is 13.2 Å². The molecule has 0 amide bonds. The van der Waals surface area contributed by atoms with E-state index in [1.54, 1.807) is 0 Å². The maximum atomic E-state index is 6.21. The summed E-state index contributed by atoms with van der Waals surface area (Å²) in [6, 6.07) is 4.44. The van der Waals surface area contributed by atoms with Crippen LogP contribution in [0.15, 0.2) is 16.6 Å². The molecule has 2 aliphatic rings. The first-order valence-electron chi connectivity index (χ1n) is 8.07. The lowest BCUT2D eigenvalue weighted by molar-refractivity contribution is 0.107. The van der Waals surface area contributed by atoms with E-state index in [4.69, 9.17) is 10.5 Å². The van der Waals surface area contributed by atoms with Gasteiger partial charge in [0.05, 0.1) is 6.61 Å². The molecule has 1 aromatic rings. The molecule has 0 aromatic heterocycles. The molecule has 2 N–H and O–H groups in total. The summed E-state index contributed by atoms with van der Waals surface area (Å²) in [6.45, 7) is 6.37. The molecule has 1 saturated carbocycles. The minimum atomic E-state index is 0.260. The fraction of sp³-hybridized carbons (Fsp3) is 0.667. The summed E-state index contributed by atoms with van der Waals surface area (Å²) in [5.41, 5.74) is 9.64. The normalized spacial score (nSPS) is 22.7. The smallest absolute Gasteiger partial charge is 0.125 e. The number of halogens is 1. The third-order valence-corrected chi connectivity index (χ3v) is 5.95. The minimum Gasteiger partial charge on any atom is -0.493 e. The molecule has 1 heterocycles. The quantitative estimate of drug-likeness (QED) is 0.871. The molecule has 3 rings (SSSR count). The molecule has 0 spiro atoms. The van der Waals surface area contributed by atoms with E-state index in [0.29, 0.717) is 5.41 Å². The lowest BCUT2D eigenvalue weighted by Crippen LogP contribution is -2.39. The summed E-state index contributed by atoms with van der Waals surface area (Å²) in [6.07, 6.45) is 7.11. The molecule has 1 aliphatic heterocycles. The predicted molar refractivity (Wildman–Crippen MR) is 90.8 cm³/mol. The lowest BCUT2D eigenvalue weighted by atomic mass is 9.63. The van der Waals surface area contributed by atoms with Crippen LogP contribution in [0.2, 0.25) is 0 Å². The van der Waals surface area contributed by atoms with Gasteiger partial charge in [0.1, 0.15) is 5.75 Å². The molecule has 3 heteroatoms. The topological polar surface area (TPSA) is 35.2 Å². The van der Waals surface area contributed by atoms with Crippen LogP contribution in [-0.2, 0) is 12.8 Å². The number of nitrogens with two attached hydrogens (primary N) is 1. The molecule has 0 bridgehead atoms. The monoisotopic (exact) mass is 351 g/mol. The second-order valence-electron chi connectivity index (χ2n) is 7.70. The summed E-state index contributed by atoms with van der Waals surface area (Å²) in [5.74, 6) is 1.14. The van der Waals surface area contributed by atoms with Gasteiger partial charge in [-0.2, -0.15) is 0 Å². The molecule has 1 fully saturated rings. The molecule has 0 saturated heterocycles. The average molecular weight is 352 g/mol.